The van der Waals surface area contributed by atoms with Crippen LogP contribution in [0.4, 0.5) is 0 Å². The van der Waals surface area contributed by atoms with E-state index >= 15 is 0 Å². The van der Waals surface area contributed by atoms with Crippen molar-refractivity contribution in [1.29, 1.82) is 5.41 Å². The van der Waals surface area contributed by atoms with Crippen molar-refractivity contribution in [3.63, 3.8) is 0 Å². The topological polar surface area (TPSA) is 59.4 Å². The lowest BCUT2D eigenvalue weighted by atomic mass is 10.1. The van der Waals surface area contributed by atoms with Gasteiger partial charge in [-0.15, -0.1) is 0 Å². The van der Waals surface area contributed by atoms with Crippen LogP contribution in [0.25, 0.3) is 0 Å². The van der Waals surface area contributed by atoms with Crippen LogP contribution in [0, 0.1) is 5.41 Å². The van der Waals surface area contributed by atoms with Gasteiger partial charge in [-0.1, -0.05) is 64.7 Å². The van der Waals surface area contributed by atoms with Crippen LogP contribution in [0.5, 0.6) is 0 Å². The number of unbranched alkanes of at least 4 members (excludes halogenated alkanes) is 9. The first-order valence-corrected chi connectivity index (χ1v) is 8.56. The van der Waals surface area contributed by atoms with Gasteiger partial charge in [-0.2, -0.15) is 0 Å². The molecule has 0 rings (SSSR count). The molecule has 0 heterocycles. The zero-order chi connectivity index (χ0) is 15.8. The minimum absolute atomic E-state index is 0.0179. The van der Waals surface area contributed by atoms with Gasteiger partial charge in [0.05, 0.1) is 13.2 Å². The Morgan fingerprint density at radius 3 is 1.86 bits per heavy atom. The molecule has 0 bridgehead atoms. The van der Waals surface area contributed by atoms with E-state index in [9.17, 15) is 4.79 Å². The maximum atomic E-state index is 11.1. The summed E-state index contributed by atoms with van der Waals surface area (Å²) in [5.41, 5.74) is 0. The van der Waals surface area contributed by atoms with E-state index in [1.807, 2.05) is 0 Å². The monoisotopic (exact) mass is 299 g/mol. The summed E-state index contributed by atoms with van der Waals surface area (Å²) in [7, 11) is 0. The van der Waals surface area contributed by atoms with Gasteiger partial charge in [0.1, 0.15) is 6.42 Å². The summed E-state index contributed by atoms with van der Waals surface area (Å²) >= 11 is 0. The Bertz CT molecular complexity index is 267. The number of ether oxygens (including phenoxy) is 2. The molecule has 0 aliphatic rings. The quantitative estimate of drug-likeness (QED) is 0.216. The maximum absolute atomic E-state index is 11.1. The molecule has 0 fully saturated rings. The lowest BCUT2D eigenvalue weighted by molar-refractivity contribution is -0.141. The fourth-order valence-electron chi connectivity index (χ4n) is 2.18. The third-order valence-electron chi connectivity index (χ3n) is 3.38. The average molecular weight is 299 g/mol. The van der Waals surface area contributed by atoms with E-state index in [1.54, 1.807) is 6.92 Å². The number of nitrogens with one attached hydrogen (secondary N) is 1. The molecule has 0 aromatic rings. The van der Waals surface area contributed by atoms with Gasteiger partial charge in [-0.05, 0) is 13.3 Å². The molecule has 0 unspecified atom stereocenters. The van der Waals surface area contributed by atoms with Gasteiger partial charge in [0.2, 0.25) is 0 Å². The summed E-state index contributed by atoms with van der Waals surface area (Å²) in [5.74, 6) is -0.366. The van der Waals surface area contributed by atoms with Crippen LogP contribution in [0.3, 0.4) is 0 Å². The summed E-state index contributed by atoms with van der Waals surface area (Å²) in [4.78, 5) is 11.1. The van der Waals surface area contributed by atoms with Crippen LogP contribution in [0.2, 0.25) is 0 Å². The van der Waals surface area contributed by atoms with Crippen molar-refractivity contribution >= 4 is 11.9 Å². The highest BCUT2D eigenvalue weighted by atomic mass is 16.5. The second-order valence-corrected chi connectivity index (χ2v) is 5.44. The molecular formula is C17H33NO3. The van der Waals surface area contributed by atoms with Gasteiger partial charge < -0.3 is 9.47 Å². The lowest BCUT2D eigenvalue weighted by Crippen LogP contribution is -2.13. The second-order valence-electron chi connectivity index (χ2n) is 5.44. The first kappa shape index (κ1) is 19.9. The van der Waals surface area contributed by atoms with E-state index in [-0.39, 0.29) is 18.3 Å². The predicted octanol–water partition coefficient (Wildman–Crippen LogP) is 4.85. The SMILES string of the molecule is CCCCCCCCCCCCOC(=N)CC(=O)OCC. The molecule has 0 aromatic heterocycles. The van der Waals surface area contributed by atoms with Gasteiger partial charge in [0.15, 0.2) is 5.90 Å². The molecule has 4 heteroatoms. The van der Waals surface area contributed by atoms with Crippen molar-refractivity contribution in [3.05, 3.63) is 0 Å². The third-order valence-corrected chi connectivity index (χ3v) is 3.38. The molecule has 1 N–H and O–H groups in total. The molecule has 0 radical (unpaired) electrons. The minimum atomic E-state index is -0.384. The summed E-state index contributed by atoms with van der Waals surface area (Å²) in [6, 6.07) is 0. The number of carbonyl (C=O) groups is 1. The zero-order valence-electron chi connectivity index (χ0n) is 13.9. The van der Waals surface area contributed by atoms with E-state index in [0.29, 0.717) is 13.2 Å². The molecule has 21 heavy (non-hydrogen) atoms. The molecule has 0 saturated carbocycles. The third kappa shape index (κ3) is 15.2. The van der Waals surface area contributed by atoms with Crippen molar-refractivity contribution < 1.29 is 14.3 Å². The van der Waals surface area contributed by atoms with Crippen molar-refractivity contribution in [2.45, 2.75) is 84.5 Å². The Morgan fingerprint density at radius 2 is 1.33 bits per heavy atom. The normalized spacial score (nSPS) is 10.4. The summed E-state index contributed by atoms with van der Waals surface area (Å²) in [6.45, 7) is 4.89. The molecule has 0 aromatic carbocycles. The Kier molecular flexibility index (Phi) is 14.6. The van der Waals surface area contributed by atoms with Gasteiger partial charge in [0.25, 0.3) is 0 Å². The van der Waals surface area contributed by atoms with Crippen LogP contribution >= 0.6 is 0 Å². The van der Waals surface area contributed by atoms with E-state index in [4.69, 9.17) is 14.9 Å². The second kappa shape index (κ2) is 15.3. The van der Waals surface area contributed by atoms with Crippen LogP contribution < -0.4 is 0 Å². The molecular weight excluding hydrogens is 266 g/mol. The Balaban J connectivity index is 3.21. The van der Waals surface area contributed by atoms with Gasteiger partial charge in [-0.25, -0.2) is 0 Å². The van der Waals surface area contributed by atoms with Gasteiger partial charge in [0, 0.05) is 0 Å². The van der Waals surface area contributed by atoms with Crippen molar-refractivity contribution in [2.24, 2.45) is 0 Å². The Hall–Kier alpha value is -1.06. The Labute approximate surface area is 130 Å². The first-order chi connectivity index (χ1) is 10.2. The maximum Gasteiger partial charge on any atom is 0.315 e. The van der Waals surface area contributed by atoms with Crippen LogP contribution in [0.1, 0.15) is 84.5 Å². The number of esters is 1. The number of hydrogen-bond acceptors (Lipinski definition) is 4. The minimum Gasteiger partial charge on any atom is -0.481 e. The van der Waals surface area contributed by atoms with E-state index in [1.165, 1.54) is 51.4 Å². The van der Waals surface area contributed by atoms with E-state index in [2.05, 4.69) is 6.92 Å². The zero-order valence-corrected chi connectivity index (χ0v) is 13.9. The predicted molar refractivity (Wildman–Crippen MR) is 86.8 cm³/mol. The fraction of sp³-hybridized carbons (Fsp3) is 0.882. The molecule has 0 amide bonds. The van der Waals surface area contributed by atoms with Crippen LogP contribution in [0.15, 0.2) is 0 Å². The smallest absolute Gasteiger partial charge is 0.315 e. The van der Waals surface area contributed by atoms with Gasteiger partial charge in [-0.3, -0.25) is 10.2 Å². The highest BCUT2D eigenvalue weighted by Gasteiger charge is 2.07. The van der Waals surface area contributed by atoms with E-state index in [0.717, 1.165) is 12.8 Å². The molecule has 0 aliphatic heterocycles. The highest BCUT2D eigenvalue weighted by Crippen LogP contribution is 2.10. The van der Waals surface area contributed by atoms with E-state index < -0.39 is 0 Å². The molecule has 0 spiro atoms. The standard InChI is InChI=1S/C17H33NO3/c1-3-5-6-7-8-9-10-11-12-13-14-21-16(18)15-17(19)20-4-2/h18H,3-15H2,1-2H3. The molecule has 124 valence electrons. The summed E-state index contributed by atoms with van der Waals surface area (Å²) in [6.07, 6.45) is 12.7. The van der Waals surface area contributed by atoms with Crippen LogP contribution in [-0.4, -0.2) is 25.1 Å². The average Bonchev–Trinajstić information content (AvgIpc) is 2.45. The lowest BCUT2D eigenvalue weighted by Gasteiger charge is -2.07. The first-order valence-electron chi connectivity index (χ1n) is 8.56. The molecule has 0 aliphatic carbocycles. The largest absolute Gasteiger partial charge is 0.481 e. The number of rotatable bonds is 14. The van der Waals surface area contributed by atoms with Crippen molar-refractivity contribution in [2.75, 3.05) is 13.2 Å². The van der Waals surface area contributed by atoms with Crippen LogP contribution in [-0.2, 0) is 14.3 Å². The fourth-order valence-corrected chi connectivity index (χ4v) is 2.18. The molecule has 4 nitrogen and oxygen atoms in total. The Morgan fingerprint density at radius 1 is 0.810 bits per heavy atom. The number of carbonyl (C=O) groups excluding carboxylic acids is 1. The van der Waals surface area contributed by atoms with Crippen molar-refractivity contribution in [3.8, 4) is 0 Å². The number of hydrogen-bond donors (Lipinski definition) is 1. The van der Waals surface area contributed by atoms with Gasteiger partial charge >= 0.3 is 5.97 Å². The van der Waals surface area contributed by atoms with Crippen molar-refractivity contribution in [1.82, 2.24) is 0 Å². The summed E-state index contributed by atoms with van der Waals surface area (Å²) < 4.78 is 9.97. The molecule has 0 saturated heterocycles. The summed E-state index contributed by atoms with van der Waals surface area (Å²) in [5, 5.41) is 7.50. The molecule has 0 atom stereocenters. The highest BCUT2D eigenvalue weighted by molar-refractivity contribution is 5.92.